The fourth-order valence-electron chi connectivity index (χ4n) is 2.15. The summed E-state index contributed by atoms with van der Waals surface area (Å²) in [5, 5.41) is 3.51. The van der Waals surface area contributed by atoms with E-state index in [4.69, 9.17) is 11.6 Å². The number of nitrogens with one attached hydrogen (secondary N) is 1. The molecule has 0 aliphatic heterocycles. The Morgan fingerprint density at radius 3 is 2.55 bits per heavy atom. The first-order valence-corrected chi connectivity index (χ1v) is 7.73. The number of unbranched alkanes of at least 4 members (excludes halogenated alkanes) is 1. The van der Waals surface area contributed by atoms with Crippen LogP contribution in [0.5, 0.6) is 0 Å². The van der Waals surface area contributed by atoms with E-state index in [2.05, 4.69) is 24.1 Å². The van der Waals surface area contributed by atoms with Gasteiger partial charge in [-0.2, -0.15) is 0 Å². The van der Waals surface area contributed by atoms with Gasteiger partial charge in [-0.3, -0.25) is 4.79 Å². The van der Waals surface area contributed by atoms with Crippen LogP contribution in [0.1, 0.15) is 38.7 Å². The summed E-state index contributed by atoms with van der Waals surface area (Å²) >= 11 is 6.09. The number of rotatable bonds is 8. The number of para-hydroxylation sites is 1. The summed E-state index contributed by atoms with van der Waals surface area (Å²) in [6.07, 6.45) is 2.51. The van der Waals surface area contributed by atoms with Crippen molar-refractivity contribution < 1.29 is 4.79 Å². The Balaban J connectivity index is 2.34. The lowest BCUT2D eigenvalue weighted by atomic mass is 10.2. The average molecular weight is 297 g/mol. The Morgan fingerprint density at radius 1 is 1.25 bits per heavy atom. The molecule has 112 valence electrons. The van der Waals surface area contributed by atoms with Crippen LogP contribution in [0.4, 0.5) is 5.69 Å². The molecule has 1 rings (SSSR count). The maximum absolute atomic E-state index is 11.9. The molecule has 0 heterocycles. The van der Waals surface area contributed by atoms with Crippen LogP contribution in [-0.4, -0.2) is 30.4 Å². The van der Waals surface area contributed by atoms with E-state index in [9.17, 15) is 4.79 Å². The first-order valence-electron chi connectivity index (χ1n) is 7.35. The van der Waals surface area contributed by atoms with E-state index >= 15 is 0 Å². The van der Waals surface area contributed by atoms with Gasteiger partial charge in [0.05, 0.1) is 10.7 Å². The summed E-state index contributed by atoms with van der Waals surface area (Å²) in [6, 6.07) is 5.63. The highest BCUT2D eigenvalue weighted by atomic mass is 35.5. The molecule has 0 radical (unpaired) electrons. The van der Waals surface area contributed by atoms with Gasteiger partial charge in [0.25, 0.3) is 0 Å². The molecule has 0 aliphatic carbocycles. The summed E-state index contributed by atoms with van der Waals surface area (Å²) in [5.74, 6) is 0.0424. The van der Waals surface area contributed by atoms with Crippen LogP contribution in [0.3, 0.4) is 0 Å². The maximum Gasteiger partial charge on any atom is 0.224 e. The normalized spacial score (nSPS) is 10.8. The van der Waals surface area contributed by atoms with Crippen LogP contribution < -0.4 is 5.32 Å². The topological polar surface area (TPSA) is 32.3 Å². The van der Waals surface area contributed by atoms with Crippen LogP contribution in [0.2, 0.25) is 5.02 Å². The van der Waals surface area contributed by atoms with Crippen molar-refractivity contribution in [3.8, 4) is 0 Å². The maximum atomic E-state index is 11.9. The predicted octanol–water partition coefficient (Wildman–Crippen LogP) is 4.10. The molecule has 1 aromatic rings. The second-order valence-corrected chi connectivity index (χ2v) is 5.37. The average Bonchev–Trinajstić information content (AvgIpc) is 2.43. The molecular weight excluding hydrogens is 272 g/mol. The van der Waals surface area contributed by atoms with Gasteiger partial charge in [-0.05, 0) is 51.0 Å². The van der Waals surface area contributed by atoms with Crippen molar-refractivity contribution in [1.29, 1.82) is 0 Å². The zero-order valence-corrected chi connectivity index (χ0v) is 13.5. The number of carbonyl (C=O) groups excluding carboxylic acids is 1. The van der Waals surface area contributed by atoms with Gasteiger partial charge in [-0.15, -0.1) is 0 Å². The molecule has 3 nitrogen and oxygen atoms in total. The molecule has 4 heteroatoms. The van der Waals surface area contributed by atoms with E-state index in [0.29, 0.717) is 11.4 Å². The van der Waals surface area contributed by atoms with Crippen LogP contribution >= 0.6 is 11.6 Å². The number of anilines is 1. The minimum Gasteiger partial charge on any atom is -0.325 e. The zero-order chi connectivity index (χ0) is 15.0. The molecule has 0 atom stereocenters. The van der Waals surface area contributed by atoms with Gasteiger partial charge < -0.3 is 10.2 Å². The molecule has 0 bridgehead atoms. The van der Waals surface area contributed by atoms with Gasteiger partial charge in [0.1, 0.15) is 0 Å². The Hall–Kier alpha value is -1.06. The van der Waals surface area contributed by atoms with E-state index < -0.39 is 0 Å². The SMILES string of the molecule is CCN(CC)CCCCC(=O)Nc1c(C)cccc1Cl. The molecule has 0 unspecified atom stereocenters. The van der Waals surface area contributed by atoms with Gasteiger partial charge in [0, 0.05) is 6.42 Å². The molecule has 1 N–H and O–H groups in total. The van der Waals surface area contributed by atoms with Gasteiger partial charge >= 0.3 is 0 Å². The standard InChI is InChI=1S/C16H25ClN2O/c1-4-19(5-2)12-7-6-11-15(20)18-16-13(3)9-8-10-14(16)17/h8-10H,4-7,11-12H2,1-3H3,(H,18,20). The number of aryl methyl sites for hydroxylation is 1. The molecule has 20 heavy (non-hydrogen) atoms. The van der Waals surface area contributed by atoms with Crippen molar-refractivity contribution in [3.63, 3.8) is 0 Å². The minimum atomic E-state index is 0.0424. The summed E-state index contributed by atoms with van der Waals surface area (Å²) < 4.78 is 0. The number of carbonyl (C=O) groups is 1. The quantitative estimate of drug-likeness (QED) is 0.733. The molecule has 0 fully saturated rings. The number of nitrogens with zero attached hydrogens (tertiary/aromatic N) is 1. The zero-order valence-electron chi connectivity index (χ0n) is 12.7. The molecule has 0 saturated carbocycles. The minimum absolute atomic E-state index is 0.0424. The fourth-order valence-corrected chi connectivity index (χ4v) is 2.42. The molecule has 1 aromatic carbocycles. The fraction of sp³-hybridized carbons (Fsp3) is 0.562. The van der Waals surface area contributed by atoms with E-state index in [1.54, 1.807) is 6.07 Å². The van der Waals surface area contributed by atoms with Gasteiger partial charge in [0.2, 0.25) is 5.91 Å². The third kappa shape index (κ3) is 5.51. The molecule has 0 saturated heterocycles. The lowest BCUT2D eigenvalue weighted by Gasteiger charge is -2.17. The number of hydrogen-bond donors (Lipinski definition) is 1. The van der Waals surface area contributed by atoms with E-state index in [1.807, 2.05) is 19.1 Å². The van der Waals surface area contributed by atoms with Crippen molar-refractivity contribution in [2.24, 2.45) is 0 Å². The Morgan fingerprint density at radius 2 is 1.95 bits per heavy atom. The Kier molecular flexibility index (Phi) is 7.63. The number of hydrogen-bond acceptors (Lipinski definition) is 2. The smallest absolute Gasteiger partial charge is 0.224 e. The number of amides is 1. The summed E-state index contributed by atoms with van der Waals surface area (Å²) in [5.41, 5.74) is 1.73. The predicted molar refractivity (Wildman–Crippen MR) is 86.5 cm³/mol. The highest BCUT2D eigenvalue weighted by Gasteiger charge is 2.08. The lowest BCUT2D eigenvalue weighted by molar-refractivity contribution is -0.116. The summed E-state index contributed by atoms with van der Waals surface area (Å²) in [4.78, 5) is 14.3. The number of benzene rings is 1. The van der Waals surface area contributed by atoms with Crippen molar-refractivity contribution >= 4 is 23.2 Å². The van der Waals surface area contributed by atoms with Crippen molar-refractivity contribution in [2.45, 2.75) is 40.0 Å². The number of halogens is 1. The summed E-state index contributed by atoms with van der Waals surface area (Å²) in [6.45, 7) is 9.48. The molecule has 1 amide bonds. The monoisotopic (exact) mass is 296 g/mol. The first-order chi connectivity index (χ1) is 9.58. The van der Waals surface area contributed by atoms with Crippen LogP contribution in [0.25, 0.3) is 0 Å². The largest absolute Gasteiger partial charge is 0.325 e. The van der Waals surface area contributed by atoms with Crippen molar-refractivity contribution in [3.05, 3.63) is 28.8 Å². The van der Waals surface area contributed by atoms with E-state index in [1.165, 1.54) is 0 Å². The van der Waals surface area contributed by atoms with Crippen LogP contribution in [0.15, 0.2) is 18.2 Å². The summed E-state index contributed by atoms with van der Waals surface area (Å²) in [7, 11) is 0. The molecule has 0 spiro atoms. The van der Waals surface area contributed by atoms with Crippen LogP contribution in [0, 0.1) is 6.92 Å². The van der Waals surface area contributed by atoms with Crippen molar-refractivity contribution in [2.75, 3.05) is 25.0 Å². The van der Waals surface area contributed by atoms with E-state index in [-0.39, 0.29) is 5.91 Å². The van der Waals surface area contributed by atoms with Gasteiger partial charge in [-0.25, -0.2) is 0 Å². The third-order valence-electron chi connectivity index (χ3n) is 3.51. The van der Waals surface area contributed by atoms with E-state index in [0.717, 1.165) is 43.7 Å². The van der Waals surface area contributed by atoms with Gasteiger partial charge in [-0.1, -0.05) is 37.6 Å². The second kappa shape index (κ2) is 8.98. The van der Waals surface area contributed by atoms with Gasteiger partial charge in [0.15, 0.2) is 0 Å². The molecule has 0 aliphatic rings. The van der Waals surface area contributed by atoms with Crippen LogP contribution in [-0.2, 0) is 4.79 Å². The third-order valence-corrected chi connectivity index (χ3v) is 3.82. The highest BCUT2D eigenvalue weighted by Crippen LogP contribution is 2.25. The molecular formula is C16H25ClN2O. The molecule has 0 aromatic heterocycles. The second-order valence-electron chi connectivity index (χ2n) is 4.96. The first kappa shape index (κ1) is 17.0. The Labute approximate surface area is 127 Å². The Bertz CT molecular complexity index is 410. The van der Waals surface area contributed by atoms with Crippen molar-refractivity contribution in [1.82, 2.24) is 4.90 Å². The lowest BCUT2D eigenvalue weighted by Crippen LogP contribution is -2.24. The highest BCUT2D eigenvalue weighted by molar-refractivity contribution is 6.33.